The Bertz CT molecular complexity index is 341. The second-order valence-corrected chi connectivity index (χ2v) is 4.58. The summed E-state index contributed by atoms with van der Waals surface area (Å²) in [6, 6.07) is 3.11. The molecule has 4 heteroatoms. The zero-order valence-electron chi connectivity index (χ0n) is 9.07. The zero-order valence-corrected chi connectivity index (χ0v) is 9.07. The van der Waals surface area contributed by atoms with Gasteiger partial charge >= 0.3 is 0 Å². The molecule has 2 heterocycles. The molecule has 0 amide bonds. The van der Waals surface area contributed by atoms with E-state index >= 15 is 0 Å². The van der Waals surface area contributed by atoms with Crippen LogP contribution in [0.25, 0.3) is 0 Å². The van der Waals surface area contributed by atoms with E-state index in [0.29, 0.717) is 5.92 Å². The Morgan fingerprint density at radius 2 is 2.13 bits per heavy atom. The molecule has 0 radical (unpaired) electrons. The number of nitrogens with two attached hydrogens (primary N) is 1. The lowest BCUT2D eigenvalue weighted by Crippen LogP contribution is -2.70. The van der Waals surface area contributed by atoms with Gasteiger partial charge in [-0.05, 0) is 18.1 Å². The largest absolute Gasteiger partial charge is 0.353 e. The topological polar surface area (TPSA) is 42.1 Å². The molecule has 0 aliphatic carbocycles. The van der Waals surface area contributed by atoms with Crippen LogP contribution in [0.15, 0.2) is 18.3 Å². The van der Waals surface area contributed by atoms with E-state index < -0.39 is 0 Å². The van der Waals surface area contributed by atoms with Gasteiger partial charge in [0.05, 0.1) is 11.7 Å². The molecule has 1 aromatic rings. The van der Waals surface area contributed by atoms with Crippen molar-refractivity contribution in [2.24, 2.45) is 11.7 Å². The van der Waals surface area contributed by atoms with Crippen molar-refractivity contribution in [3.63, 3.8) is 0 Å². The third-order valence-electron chi connectivity index (χ3n) is 3.16. The van der Waals surface area contributed by atoms with Crippen LogP contribution in [0.5, 0.6) is 0 Å². The number of aromatic nitrogens is 1. The van der Waals surface area contributed by atoms with Crippen LogP contribution in [-0.2, 0) is 0 Å². The standard InChI is InChI=1S/C11H16FN3/c1-8(2)11(13)6-15(7-11)10-4-3-9(12)5-14-10/h3-5,8H,6-7,13H2,1-2H3. The molecule has 15 heavy (non-hydrogen) atoms. The maximum Gasteiger partial charge on any atom is 0.141 e. The van der Waals surface area contributed by atoms with E-state index in [1.807, 2.05) is 0 Å². The minimum atomic E-state index is -0.304. The van der Waals surface area contributed by atoms with Gasteiger partial charge in [-0.3, -0.25) is 0 Å². The van der Waals surface area contributed by atoms with E-state index in [9.17, 15) is 4.39 Å². The van der Waals surface area contributed by atoms with E-state index in [1.54, 1.807) is 6.07 Å². The summed E-state index contributed by atoms with van der Waals surface area (Å²) in [5.74, 6) is 0.953. The molecule has 1 aromatic heterocycles. The highest BCUT2D eigenvalue weighted by molar-refractivity contribution is 5.44. The second-order valence-electron chi connectivity index (χ2n) is 4.58. The Hall–Kier alpha value is -1.16. The first kappa shape index (κ1) is 10.4. The number of nitrogens with zero attached hydrogens (tertiary/aromatic N) is 2. The third-order valence-corrected chi connectivity index (χ3v) is 3.16. The number of anilines is 1. The fourth-order valence-corrected chi connectivity index (χ4v) is 1.75. The van der Waals surface area contributed by atoms with Gasteiger partial charge in [-0.2, -0.15) is 0 Å². The second kappa shape index (κ2) is 3.45. The summed E-state index contributed by atoms with van der Waals surface area (Å²) in [6.45, 7) is 5.83. The van der Waals surface area contributed by atoms with Crippen LogP contribution in [0, 0.1) is 11.7 Å². The molecule has 82 valence electrons. The molecule has 2 N–H and O–H groups in total. The van der Waals surface area contributed by atoms with Crippen molar-refractivity contribution in [3.05, 3.63) is 24.1 Å². The van der Waals surface area contributed by atoms with Gasteiger partial charge in [0.15, 0.2) is 0 Å². The molecular weight excluding hydrogens is 193 g/mol. The van der Waals surface area contributed by atoms with Gasteiger partial charge in [0.1, 0.15) is 11.6 Å². The first-order chi connectivity index (χ1) is 7.01. The molecule has 0 unspecified atom stereocenters. The van der Waals surface area contributed by atoms with Crippen molar-refractivity contribution in [2.45, 2.75) is 19.4 Å². The lowest BCUT2D eigenvalue weighted by atomic mass is 9.80. The molecule has 2 rings (SSSR count). The van der Waals surface area contributed by atoms with Crippen LogP contribution in [0.1, 0.15) is 13.8 Å². The van der Waals surface area contributed by atoms with Crippen molar-refractivity contribution in [2.75, 3.05) is 18.0 Å². The summed E-state index contributed by atoms with van der Waals surface area (Å²) in [5.41, 5.74) is 6.04. The molecule has 3 nitrogen and oxygen atoms in total. The van der Waals surface area contributed by atoms with Gasteiger partial charge in [0, 0.05) is 13.1 Å². The SMILES string of the molecule is CC(C)C1(N)CN(c2ccc(F)cn2)C1. The van der Waals surface area contributed by atoms with Gasteiger partial charge in [0.25, 0.3) is 0 Å². The highest BCUT2D eigenvalue weighted by atomic mass is 19.1. The van der Waals surface area contributed by atoms with Crippen LogP contribution in [0.2, 0.25) is 0 Å². The summed E-state index contributed by atoms with van der Waals surface area (Å²) in [5, 5.41) is 0. The van der Waals surface area contributed by atoms with Gasteiger partial charge in [-0.25, -0.2) is 9.37 Å². The Labute approximate surface area is 89.1 Å². The highest BCUT2D eigenvalue weighted by Crippen LogP contribution is 2.29. The quantitative estimate of drug-likeness (QED) is 0.800. The molecule has 0 atom stereocenters. The molecule has 1 aliphatic rings. The van der Waals surface area contributed by atoms with Gasteiger partial charge in [0.2, 0.25) is 0 Å². The average Bonchev–Trinajstić information content (AvgIpc) is 2.14. The molecule has 0 aromatic carbocycles. The van der Waals surface area contributed by atoms with Crippen molar-refractivity contribution in [1.29, 1.82) is 0 Å². The average molecular weight is 209 g/mol. The van der Waals surface area contributed by atoms with Crippen LogP contribution in [0.3, 0.4) is 0 Å². The van der Waals surface area contributed by atoms with Gasteiger partial charge in [-0.15, -0.1) is 0 Å². The van der Waals surface area contributed by atoms with Crippen LogP contribution in [0.4, 0.5) is 10.2 Å². The number of hydrogen-bond acceptors (Lipinski definition) is 3. The van der Waals surface area contributed by atoms with Crippen LogP contribution < -0.4 is 10.6 Å². The number of hydrogen-bond donors (Lipinski definition) is 1. The zero-order chi connectivity index (χ0) is 11.1. The molecular formula is C11H16FN3. The fourth-order valence-electron chi connectivity index (χ4n) is 1.75. The summed E-state index contributed by atoms with van der Waals surface area (Å²) < 4.78 is 12.6. The highest BCUT2D eigenvalue weighted by Gasteiger charge is 2.42. The third kappa shape index (κ3) is 1.81. The van der Waals surface area contributed by atoms with E-state index in [1.165, 1.54) is 12.3 Å². The molecule has 0 saturated carbocycles. The van der Waals surface area contributed by atoms with E-state index in [0.717, 1.165) is 18.9 Å². The van der Waals surface area contributed by atoms with Crippen molar-refractivity contribution >= 4 is 5.82 Å². The Morgan fingerprint density at radius 1 is 1.47 bits per heavy atom. The summed E-state index contributed by atoms with van der Waals surface area (Å²) >= 11 is 0. The Kier molecular flexibility index (Phi) is 2.38. The molecule has 1 saturated heterocycles. The normalized spacial score (nSPS) is 19.1. The van der Waals surface area contributed by atoms with Crippen LogP contribution in [-0.4, -0.2) is 23.6 Å². The lowest BCUT2D eigenvalue weighted by Gasteiger charge is -2.51. The predicted molar refractivity (Wildman–Crippen MR) is 58.2 cm³/mol. The maximum absolute atomic E-state index is 12.6. The lowest BCUT2D eigenvalue weighted by molar-refractivity contribution is 0.243. The fraction of sp³-hybridized carbons (Fsp3) is 0.545. The van der Waals surface area contributed by atoms with Gasteiger partial charge in [-0.1, -0.05) is 13.8 Å². The summed E-state index contributed by atoms with van der Waals surface area (Å²) in [7, 11) is 0. The first-order valence-corrected chi connectivity index (χ1v) is 5.17. The van der Waals surface area contributed by atoms with E-state index in [2.05, 4.69) is 23.7 Å². The number of pyridine rings is 1. The molecule has 0 spiro atoms. The number of halogens is 1. The first-order valence-electron chi connectivity index (χ1n) is 5.17. The monoisotopic (exact) mass is 209 g/mol. The van der Waals surface area contributed by atoms with Crippen molar-refractivity contribution < 1.29 is 4.39 Å². The Morgan fingerprint density at radius 3 is 2.60 bits per heavy atom. The van der Waals surface area contributed by atoms with Gasteiger partial charge < -0.3 is 10.6 Å². The summed E-state index contributed by atoms with van der Waals surface area (Å²) in [6.07, 6.45) is 1.24. The molecule has 0 bridgehead atoms. The van der Waals surface area contributed by atoms with Crippen molar-refractivity contribution in [1.82, 2.24) is 4.98 Å². The van der Waals surface area contributed by atoms with Crippen molar-refractivity contribution in [3.8, 4) is 0 Å². The molecule has 1 fully saturated rings. The number of rotatable bonds is 2. The molecule has 1 aliphatic heterocycles. The maximum atomic E-state index is 12.6. The van der Waals surface area contributed by atoms with E-state index in [-0.39, 0.29) is 11.4 Å². The smallest absolute Gasteiger partial charge is 0.141 e. The minimum absolute atomic E-state index is 0.115. The minimum Gasteiger partial charge on any atom is -0.353 e. The van der Waals surface area contributed by atoms with Crippen LogP contribution >= 0.6 is 0 Å². The van der Waals surface area contributed by atoms with E-state index in [4.69, 9.17) is 5.73 Å². The Balaban J connectivity index is 2.03. The predicted octanol–water partition coefficient (Wildman–Crippen LogP) is 1.39. The summed E-state index contributed by atoms with van der Waals surface area (Å²) in [4.78, 5) is 6.09.